The van der Waals surface area contributed by atoms with Crippen molar-refractivity contribution in [2.75, 3.05) is 13.2 Å². The van der Waals surface area contributed by atoms with Crippen LogP contribution in [0, 0.1) is 20.8 Å². The van der Waals surface area contributed by atoms with Gasteiger partial charge in [0.25, 0.3) is 0 Å². The second-order valence-corrected chi connectivity index (χ2v) is 7.61. The highest BCUT2D eigenvalue weighted by Gasteiger charge is 2.19. The SMILES string of the molecule is Cc1coc2c(C)c3oc(=O)c(CCC(=O)NCC4CCCO4)c(C)c3cc12. The number of aryl methyl sites for hydroxylation is 3. The number of carbonyl (C=O) groups excluding carboxylic acids is 1. The predicted molar refractivity (Wildman–Crippen MR) is 107 cm³/mol. The monoisotopic (exact) mass is 383 g/mol. The van der Waals surface area contributed by atoms with Crippen LogP contribution in [0.1, 0.15) is 41.5 Å². The van der Waals surface area contributed by atoms with E-state index in [0.29, 0.717) is 24.1 Å². The summed E-state index contributed by atoms with van der Waals surface area (Å²) in [4.78, 5) is 24.8. The minimum absolute atomic E-state index is 0.0771. The standard InChI is InChI=1S/C22H25NO5/c1-12-11-27-20-14(3)21-18(9-17(12)20)13(2)16(22(25)28-21)6-7-19(24)23-10-15-5-4-8-26-15/h9,11,15H,4-8,10H2,1-3H3,(H,23,24). The van der Waals surface area contributed by atoms with Crippen LogP contribution in [0.25, 0.3) is 21.9 Å². The topological polar surface area (TPSA) is 81.7 Å². The summed E-state index contributed by atoms with van der Waals surface area (Å²) in [5, 5.41) is 4.81. The average Bonchev–Trinajstić information content (AvgIpc) is 3.31. The van der Waals surface area contributed by atoms with E-state index in [9.17, 15) is 9.59 Å². The molecule has 28 heavy (non-hydrogen) atoms. The molecule has 148 valence electrons. The molecule has 0 bridgehead atoms. The van der Waals surface area contributed by atoms with Gasteiger partial charge in [-0.1, -0.05) is 0 Å². The minimum atomic E-state index is -0.386. The number of benzene rings is 1. The molecule has 1 atom stereocenters. The van der Waals surface area contributed by atoms with E-state index >= 15 is 0 Å². The van der Waals surface area contributed by atoms with Gasteiger partial charge in [-0.2, -0.15) is 0 Å². The maximum absolute atomic E-state index is 12.6. The smallest absolute Gasteiger partial charge is 0.339 e. The Bertz CT molecular complexity index is 1100. The number of furan rings is 1. The van der Waals surface area contributed by atoms with E-state index in [1.165, 1.54) is 0 Å². The van der Waals surface area contributed by atoms with E-state index in [1.807, 2.05) is 26.8 Å². The van der Waals surface area contributed by atoms with Gasteiger partial charge in [0.15, 0.2) is 0 Å². The highest BCUT2D eigenvalue weighted by molar-refractivity contribution is 5.99. The second-order valence-electron chi connectivity index (χ2n) is 7.61. The Morgan fingerprint density at radius 2 is 2.00 bits per heavy atom. The molecule has 6 heteroatoms. The van der Waals surface area contributed by atoms with Crippen molar-refractivity contribution in [3.63, 3.8) is 0 Å². The lowest BCUT2D eigenvalue weighted by atomic mass is 9.98. The first-order chi connectivity index (χ1) is 13.5. The lowest BCUT2D eigenvalue weighted by Crippen LogP contribution is -2.32. The Labute approximate surface area is 162 Å². The zero-order chi connectivity index (χ0) is 19.8. The van der Waals surface area contributed by atoms with Crippen molar-refractivity contribution in [2.45, 2.75) is 52.6 Å². The summed E-state index contributed by atoms with van der Waals surface area (Å²) in [5.74, 6) is -0.0771. The summed E-state index contributed by atoms with van der Waals surface area (Å²) in [7, 11) is 0. The van der Waals surface area contributed by atoms with Crippen LogP contribution in [-0.4, -0.2) is 25.2 Å². The summed E-state index contributed by atoms with van der Waals surface area (Å²) in [6.07, 6.45) is 4.44. The molecule has 0 aliphatic carbocycles. The molecule has 0 spiro atoms. The van der Waals surface area contributed by atoms with E-state index < -0.39 is 0 Å². The number of hydrogen-bond donors (Lipinski definition) is 1. The van der Waals surface area contributed by atoms with Gasteiger partial charge in [0, 0.05) is 41.5 Å². The van der Waals surface area contributed by atoms with Gasteiger partial charge < -0.3 is 18.9 Å². The molecule has 1 N–H and O–H groups in total. The summed E-state index contributed by atoms with van der Waals surface area (Å²) < 4.78 is 16.8. The minimum Gasteiger partial charge on any atom is -0.464 e. The van der Waals surface area contributed by atoms with Gasteiger partial charge in [-0.3, -0.25) is 4.79 Å². The Morgan fingerprint density at radius 1 is 1.18 bits per heavy atom. The van der Waals surface area contributed by atoms with Crippen molar-refractivity contribution in [2.24, 2.45) is 0 Å². The molecule has 3 heterocycles. The van der Waals surface area contributed by atoms with Crippen molar-refractivity contribution < 1.29 is 18.4 Å². The number of carbonyl (C=O) groups is 1. The second kappa shape index (κ2) is 7.43. The molecule has 1 fully saturated rings. The van der Waals surface area contributed by atoms with Crippen molar-refractivity contribution in [1.82, 2.24) is 5.32 Å². The quantitative estimate of drug-likeness (QED) is 0.680. The number of amides is 1. The molecule has 1 aromatic carbocycles. The van der Waals surface area contributed by atoms with Crippen molar-refractivity contribution in [1.29, 1.82) is 0 Å². The molecule has 1 aliphatic heterocycles. The van der Waals surface area contributed by atoms with Gasteiger partial charge in [0.2, 0.25) is 5.91 Å². The summed E-state index contributed by atoms with van der Waals surface area (Å²) >= 11 is 0. The molecular formula is C22H25NO5. The maximum Gasteiger partial charge on any atom is 0.339 e. The Balaban J connectivity index is 1.58. The summed E-state index contributed by atoms with van der Waals surface area (Å²) in [6, 6.07) is 2.01. The molecule has 0 radical (unpaired) electrons. The molecule has 1 unspecified atom stereocenters. The van der Waals surface area contributed by atoms with Gasteiger partial charge in [-0.25, -0.2) is 4.79 Å². The van der Waals surface area contributed by atoms with Crippen LogP contribution in [0.2, 0.25) is 0 Å². The number of hydrogen-bond acceptors (Lipinski definition) is 5. The molecule has 1 amide bonds. The molecule has 6 nitrogen and oxygen atoms in total. The zero-order valence-electron chi connectivity index (χ0n) is 16.5. The van der Waals surface area contributed by atoms with E-state index in [2.05, 4.69) is 5.32 Å². The number of rotatable bonds is 5. The molecule has 0 saturated carbocycles. The fourth-order valence-corrected chi connectivity index (χ4v) is 3.97. The first kappa shape index (κ1) is 18.7. The van der Waals surface area contributed by atoms with Crippen LogP contribution in [-0.2, 0) is 16.0 Å². The molecule has 1 saturated heterocycles. The summed E-state index contributed by atoms with van der Waals surface area (Å²) in [5.41, 5.74) is 4.19. The molecule has 1 aliphatic rings. The highest BCUT2D eigenvalue weighted by atomic mass is 16.5. The van der Waals surface area contributed by atoms with Crippen molar-refractivity contribution in [3.8, 4) is 0 Å². The van der Waals surface area contributed by atoms with Gasteiger partial charge in [0.05, 0.1) is 12.4 Å². The molecule has 3 aromatic rings. The zero-order valence-corrected chi connectivity index (χ0v) is 16.5. The van der Waals surface area contributed by atoms with Gasteiger partial charge >= 0.3 is 5.63 Å². The molecule has 4 rings (SSSR count). The first-order valence-corrected chi connectivity index (χ1v) is 9.77. The summed E-state index contributed by atoms with van der Waals surface area (Å²) in [6.45, 7) is 7.10. The Hall–Kier alpha value is -2.60. The fourth-order valence-electron chi connectivity index (χ4n) is 3.97. The van der Waals surface area contributed by atoms with Crippen LogP contribution in [0.4, 0.5) is 0 Å². The van der Waals surface area contributed by atoms with E-state index in [1.54, 1.807) is 6.26 Å². The van der Waals surface area contributed by atoms with Gasteiger partial charge in [-0.15, -0.1) is 0 Å². The third-order valence-corrected chi connectivity index (χ3v) is 5.69. The van der Waals surface area contributed by atoms with Crippen molar-refractivity contribution in [3.05, 3.63) is 45.0 Å². The molecular weight excluding hydrogens is 358 g/mol. The average molecular weight is 383 g/mol. The normalized spacial score (nSPS) is 16.9. The Kier molecular flexibility index (Phi) is 4.98. The van der Waals surface area contributed by atoms with Crippen LogP contribution in [0.15, 0.2) is 26.0 Å². The largest absolute Gasteiger partial charge is 0.464 e. The third kappa shape index (κ3) is 3.33. The number of fused-ring (bicyclic) bond motifs is 2. The first-order valence-electron chi connectivity index (χ1n) is 9.77. The van der Waals surface area contributed by atoms with Crippen LogP contribution in [0.5, 0.6) is 0 Å². The van der Waals surface area contributed by atoms with E-state index in [-0.39, 0.29) is 24.1 Å². The fraction of sp³-hybridized carbons (Fsp3) is 0.455. The van der Waals surface area contributed by atoms with Gasteiger partial charge in [0.1, 0.15) is 11.2 Å². The van der Waals surface area contributed by atoms with Crippen LogP contribution < -0.4 is 10.9 Å². The highest BCUT2D eigenvalue weighted by Crippen LogP contribution is 2.32. The lowest BCUT2D eigenvalue weighted by Gasteiger charge is -2.12. The predicted octanol–water partition coefficient (Wildman–Crippen LogP) is 3.69. The molecule has 2 aromatic heterocycles. The number of ether oxygens (including phenoxy) is 1. The van der Waals surface area contributed by atoms with E-state index in [0.717, 1.165) is 52.5 Å². The maximum atomic E-state index is 12.6. The van der Waals surface area contributed by atoms with Crippen LogP contribution >= 0.6 is 0 Å². The van der Waals surface area contributed by atoms with Crippen molar-refractivity contribution >= 4 is 27.8 Å². The number of nitrogens with one attached hydrogen (secondary N) is 1. The van der Waals surface area contributed by atoms with Crippen LogP contribution in [0.3, 0.4) is 0 Å². The third-order valence-electron chi connectivity index (χ3n) is 5.69. The van der Waals surface area contributed by atoms with E-state index in [4.69, 9.17) is 13.6 Å². The Morgan fingerprint density at radius 3 is 2.75 bits per heavy atom. The lowest BCUT2D eigenvalue weighted by molar-refractivity contribution is -0.121. The van der Waals surface area contributed by atoms with Gasteiger partial charge in [-0.05, 0) is 57.2 Å².